The van der Waals surface area contributed by atoms with Crippen molar-refractivity contribution in [2.45, 2.75) is 38.6 Å². The van der Waals surface area contributed by atoms with Crippen LogP contribution in [0.2, 0.25) is 0 Å². The number of aromatic nitrogens is 1. The molecule has 1 saturated heterocycles. The highest BCUT2D eigenvalue weighted by atomic mass is 16.3. The van der Waals surface area contributed by atoms with Crippen molar-refractivity contribution in [3.8, 4) is 0 Å². The molecule has 1 fully saturated rings. The smallest absolute Gasteiger partial charge is 0.128 e. The van der Waals surface area contributed by atoms with E-state index >= 15 is 0 Å². The zero-order valence-electron chi connectivity index (χ0n) is 12.5. The Hall–Kier alpha value is -1.13. The Labute approximate surface area is 122 Å². The lowest BCUT2D eigenvalue weighted by molar-refractivity contribution is 0.227. The third kappa shape index (κ3) is 4.76. The van der Waals surface area contributed by atoms with Crippen molar-refractivity contribution >= 4 is 5.82 Å². The molecule has 112 valence electrons. The predicted molar refractivity (Wildman–Crippen MR) is 83.0 cm³/mol. The lowest BCUT2D eigenvalue weighted by atomic mass is 10.0. The van der Waals surface area contributed by atoms with Gasteiger partial charge in [0.1, 0.15) is 5.82 Å². The van der Waals surface area contributed by atoms with Crippen molar-refractivity contribution in [3.05, 3.63) is 24.4 Å². The number of anilines is 1. The van der Waals surface area contributed by atoms with Gasteiger partial charge in [0.2, 0.25) is 0 Å². The van der Waals surface area contributed by atoms with E-state index in [0.717, 1.165) is 38.3 Å². The Morgan fingerprint density at radius 1 is 1.40 bits per heavy atom. The summed E-state index contributed by atoms with van der Waals surface area (Å²) in [6.07, 6.45) is 6.50. The van der Waals surface area contributed by atoms with Gasteiger partial charge in [0, 0.05) is 31.9 Å². The maximum absolute atomic E-state index is 8.99. The van der Waals surface area contributed by atoms with Gasteiger partial charge in [-0.25, -0.2) is 4.98 Å². The Kier molecular flexibility index (Phi) is 6.27. The van der Waals surface area contributed by atoms with Gasteiger partial charge in [0.05, 0.1) is 0 Å². The fraction of sp³-hybridized carbons (Fsp3) is 0.688. The largest absolute Gasteiger partial charge is 0.396 e. The molecule has 1 aromatic heterocycles. The molecular weight excluding hydrogens is 250 g/mol. The van der Waals surface area contributed by atoms with Gasteiger partial charge in [-0.2, -0.15) is 0 Å². The van der Waals surface area contributed by atoms with Crippen LogP contribution in [0.5, 0.6) is 0 Å². The third-order valence-corrected chi connectivity index (χ3v) is 4.09. The van der Waals surface area contributed by atoms with E-state index in [9.17, 15) is 0 Å². The first-order valence-electron chi connectivity index (χ1n) is 7.80. The number of hydrogen-bond donors (Lipinski definition) is 2. The van der Waals surface area contributed by atoms with Crippen LogP contribution in [-0.2, 0) is 0 Å². The highest BCUT2D eigenvalue weighted by Gasteiger charge is 2.19. The van der Waals surface area contributed by atoms with Crippen molar-refractivity contribution in [1.82, 2.24) is 10.3 Å². The van der Waals surface area contributed by atoms with E-state index in [4.69, 9.17) is 5.11 Å². The molecule has 4 nitrogen and oxygen atoms in total. The summed E-state index contributed by atoms with van der Waals surface area (Å²) in [6.45, 7) is 5.65. The zero-order valence-corrected chi connectivity index (χ0v) is 12.5. The molecule has 0 aromatic carbocycles. The number of piperidine rings is 1. The van der Waals surface area contributed by atoms with Crippen LogP contribution in [0.4, 0.5) is 5.82 Å². The number of rotatable bonds is 7. The lowest BCUT2D eigenvalue weighted by Gasteiger charge is -2.33. The van der Waals surface area contributed by atoms with Crippen LogP contribution in [0.1, 0.15) is 32.6 Å². The van der Waals surface area contributed by atoms with Gasteiger partial charge in [-0.15, -0.1) is 0 Å². The Bertz CT molecular complexity index is 363. The van der Waals surface area contributed by atoms with Crippen LogP contribution >= 0.6 is 0 Å². The van der Waals surface area contributed by atoms with E-state index in [1.54, 1.807) is 0 Å². The number of nitrogens with zero attached hydrogens (tertiary/aromatic N) is 2. The van der Waals surface area contributed by atoms with Gasteiger partial charge in [0.15, 0.2) is 0 Å². The molecule has 0 spiro atoms. The SMILES string of the molecule is CC(CO)CCCNC1CCN(c2ccccn2)CC1. The van der Waals surface area contributed by atoms with Gasteiger partial charge in [-0.3, -0.25) is 0 Å². The van der Waals surface area contributed by atoms with Crippen LogP contribution in [0.15, 0.2) is 24.4 Å². The standard InChI is InChI=1S/C16H27N3O/c1-14(13-20)5-4-10-17-15-7-11-19(12-8-15)16-6-2-3-9-18-16/h2-3,6,9,14-15,17,20H,4-5,7-8,10-13H2,1H3. The van der Waals surface area contributed by atoms with E-state index < -0.39 is 0 Å². The van der Waals surface area contributed by atoms with Gasteiger partial charge >= 0.3 is 0 Å². The highest BCUT2D eigenvalue weighted by molar-refractivity contribution is 5.38. The average Bonchev–Trinajstić information content (AvgIpc) is 2.52. The molecular formula is C16H27N3O. The average molecular weight is 277 g/mol. The van der Waals surface area contributed by atoms with E-state index in [1.807, 2.05) is 12.3 Å². The number of nitrogens with one attached hydrogen (secondary N) is 1. The topological polar surface area (TPSA) is 48.4 Å². The van der Waals surface area contributed by atoms with E-state index in [-0.39, 0.29) is 0 Å². The molecule has 0 amide bonds. The second-order valence-corrected chi connectivity index (χ2v) is 5.83. The molecule has 2 N–H and O–H groups in total. The summed E-state index contributed by atoms with van der Waals surface area (Å²) < 4.78 is 0. The van der Waals surface area contributed by atoms with Crippen LogP contribution < -0.4 is 10.2 Å². The van der Waals surface area contributed by atoms with E-state index in [1.165, 1.54) is 12.8 Å². The number of pyridine rings is 1. The highest BCUT2D eigenvalue weighted by Crippen LogP contribution is 2.17. The molecule has 20 heavy (non-hydrogen) atoms. The molecule has 0 saturated carbocycles. The summed E-state index contributed by atoms with van der Waals surface area (Å²) in [5.41, 5.74) is 0. The minimum atomic E-state index is 0.308. The summed E-state index contributed by atoms with van der Waals surface area (Å²) in [6, 6.07) is 6.74. The Morgan fingerprint density at radius 3 is 2.85 bits per heavy atom. The summed E-state index contributed by atoms with van der Waals surface area (Å²) in [5.74, 6) is 1.53. The summed E-state index contributed by atoms with van der Waals surface area (Å²) in [5, 5.41) is 12.6. The van der Waals surface area contributed by atoms with Gasteiger partial charge in [-0.05, 0) is 50.3 Å². The van der Waals surface area contributed by atoms with E-state index in [2.05, 4.69) is 34.3 Å². The van der Waals surface area contributed by atoms with Crippen LogP contribution in [0.25, 0.3) is 0 Å². The fourth-order valence-electron chi connectivity index (χ4n) is 2.70. The van der Waals surface area contributed by atoms with Crippen LogP contribution in [0, 0.1) is 5.92 Å². The first-order valence-corrected chi connectivity index (χ1v) is 7.80. The van der Waals surface area contributed by atoms with E-state index in [0.29, 0.717) is 18.6 Å². The van der Waals surface area contributed by atoms with Crippen LogP contribution in [-0.4, -0.2) is 42.4 Å². The second kappa shape index (κ2) is 8.22. The number of aliphatic hydroxyl groups is 1. The minimum absolute atomic E-state index is 0.308. The maximum atomic E-state index is 8.99. The van der Waals surface area contributed by atoms with Crippen molar-refractivity contribution in [2.75, 3.05) is 31.1 Å². The molecule has 2 rings (SSSR count). The van der Waals surface area contributed by atoms with Crippen molar-refractivity contribution in [2.24, 2.45) is 5.92 Å². The molecule has 0 bridgehead atoms. The molecule has 1 unspecified atom stereocenters. The second-order valence-electron chi connectivity index (χ2n) is 5.83. The summed E-state index contributed by atoms with van der Waals surface area (Å²) in [4.78, 5) is 6.78. The summed E-state index contributed by atoms with van der Waals surface area (Å²) in [7, 11) is 0. The van der Waals surface area contributed by atoms with Gasteiger partial charge < -0.3 is 15.3 Å². The van der Waals surface area contributed by atoms with Crippen molar-refractivity contribution in [3.63, 3.8) is 0 Å². The minimum Gasteiger partial charge on any atom is -0.396 e. The summed E-state index contributed by atoms with van der Waals surface area (Å²) >= 11 is 0. The first kappa shape index (κ1) is 15.3. The normalized spacial score (nSPS) is 18.2. The molecule has 1 aromatic rings. The first-order chi connectivity index (χ1) is 9.79. The predicted octanol–water partition coefficient (Wildman–Crippen LogP) is 2.05. The number of hydrogen-bond acceptors (Lipinski definition) is 4. The molecule has 0 aliphatic carbocycles. The lowest BCUT2D eigenvalue weighted by Crippen LogP contribution is -2.43. The zero-order chi connectivity index (χ0) is 14.2. The fourth-order valence-corrected chi connectivity index (χ4v) is 2.70. The van der Waals surface area contributed by atoms with Crippen molar-refractivity contribution in [1.29, 1.82) is 0 Å². The molecule has 4 heteroatoms. The van der Waals surface area contributed by atoms with Crippen molar-refractivity contribution < 1.29 is 5.11 Å². The monoisotopic (exact) mass is 277 g/mol. The maximum Gasteiger partial charge on any atom is 0.128 e. The molecule has 0 radical (unpaired) electrons. The molecule has 2 heterocycles. The quantitative estimate of drug-likeness (QED) is 0.749. The Balaban J connectivity index is 1.62. The third-order valence-electron chi connectivity index (χ3n) is 4.09. The Morgan fingerprint density at radius 2 is 2.20 bits per heavy atom. The van der Waals surface area contributed by atoms with Gasteiger partial charge in [-0.1, -0.05) is 13.0 Å². The molecule has 1 atom stereocenters. The molecule has 1 aliphatic rings. The van der Waals surface area contributed by atoms with Crippen LogP contribution in [0.3, 0.4) is 0 Å². The molecule has 1 aliphatic heterocycles. The van der Waals surface area contributed by atoms with Gasteiger partial charge in [0.25, 0.3) is 0 Å². The number of aliphatic hydroxyl groups excluding tert-OH is 1.